The zero-order valence-electron chi connectivity index (χ0n) is 12.5. The second-order valence-electron chi connectivity index (χ2n) is 4.29. The van der Waals surface area contributed by atoms with E-state index in [1.54, 1.807) is 7.11 Å². The Morgan fingerprint density at radius 2 is 2.00 bits per heavy atom. The minimum Gasteiger partial charge on any atom is -0.383 e. The molecule has 0 heterocycles. The zero-order valence-corrected chi connectivity index (χ0v) is 14.8. The normalized spacial score (nSPS) is 13.2. The van der Waals surface area contributed by atoms with Crippen LogP contribution in [0.25, 0.3) is 0 Å². The molecule has 0 saturated heterocycles. The van der Waals surface area contributed by atoms with Crippen LogP contribution >= 0.6 is 24.0 Å². The third kappa shape index (κ3) is 11.5. The van der Waals surface area contributed by atoms with E-state index in [0.29, 0.717) is 17.5 Å². The van der Waals surface area contributed by atoms with Gasteiger partial charge in [0, 0.05) is 27.2 Å². The topological polar surface area (TPSA) is 66.0 Å². The smallest absolute Gasteiger partial charge is 0.383 e. The number of halogens is 4. The first kappa shape index (κ1) is 22.5. The lowest BCUT2D eigenvalue weighted by Crippen LogP contribution is -2.48. The monoisotopic (exact) mass is 426 g/mol. The maximum atomic E-state index is 12.1. The van der Waals surface area contributed by atoms with E-state index in [1.807, 2.05) is 6.92 Å². The molecule has 0 aromatic carbocycles. The van der Waals surface area contributed by atoms with E-state index in [9.17, 15) is 18.0 Å². The molecule has 126 valence electrons. The number of aliphatic imine (C=N–C) groups is 1. The molecule has 0 aliphatic rings. The number of nitrogens with zero attached hydrogens (tertiary/aromatic N) is 2. The van der Waals surface area contributed by atoms with Crippen molar-refractivity contribution < 1.29 is 22.7 Å². The molecule has 0 aliphatic heterocycles. The average Bonchev–Trinajstić information content (AvgIpc) is 2.32. The molecule has 0 rings (SSSR count). The summed E-state index contributed by atoms with van der Waals surface area (Å²) in [5.41, 5.74) is 0. The SMILES string of the molecule is CN=C(NCC(=O)N(C)CC(F)(F)F)NC(C)COC.I. The first-order valence-electron chi connectivity index (χ1n) is 5.96. The van der Waals surface area contributed by atoms with Crippen LogP contribution in [-0.2, 0) is 9.53 Å². The molecule has 6 nitrogen and oxygen atoms in total. The summed E-state index contributed by atoms with van der Waals surface area (Å²) in [4.78, 5) is 16.0. The van der Waals surface area contributed by atoms with Crippen molar-refractivity contribution >= 4 is 35.8 Å². The van der Waals surface area contributed by atoms with E-state index in [-0.39, 0.29) is 36.6 Å². The summed E-state index contributed by atoms with van der Waals surface area (Å²) in [5.74, 6) is -0.354. The number of methoxy groups -OCH3 is 1. The Labute approximate surface area is 139 Å². The number of ether oxygens (including phenoxy) is 1. The number of hydrogen-bond donors (Lipinski definition) is 2. The Balaban J connectivity index is 0. The molecule has 0 spiro atoms. The third-order valence-corrected chi connectivity index (χ3v) is 2.27. The average molecular weight is 426 g/mol. The van der Waals surface area contributed by atoms with Gasteiger partial charge in [0.15, 0.2) is 5.96 Å². The highest BCUT2D eigenvalue weighted by molar-refractivity contribution is 14.0. The zero-order chi connectivity index (χ0) is 15.8. The number of carbonyl (C=O) groups excluding carboxylic acids is 1. The fraction of sp³-hybridized carbons (Fsp3) is 0.818. The van der Waals surface area contributed by atoms with Gasteiger partial charge in [-0.3, -0.25) is 9.79 Å². The van der Waals surface area contributed by atoms with Crippen molar-refractivity contribution in [3.63, 3.8) is 0 Å². The van der Waals surface area contributed by atoms with Crippen molar-refractivity contribution in [3.05, 3.63) is 0 Å². The second-order valence-corrected chi connectivity index (χ2v) is 4.29. The lowest BCUT2D eigenvalue weighted by Gasteiger charge is -2.21. The van der Waals surface area contributed by atoms with Gasteiger partial charge in [-0.15, -0.1) is 24.0 Å². The Kier molecular flexibility index (Phi) is 11.7. The highest BCUT2D eigenvalue weighted by atomic mass is 127. The number of likely N-dealkylation sites (N-methyl/N-ethyl adjacent to an activating group) is 1. The molecule has 2 N–H and O–H groups in total. The van der Waals surface area contributed by atoms with Gasteiger partial charge in [-0.25, -0.2) is 0 Å². The Morgan fingerprint density at radius 1 is 1.43 bits per heavy atom. The Hall–Kier alpha value is -0.780. The highest BCUT2D eigenvalue weighted by Gasteiger charge is 2.31. The molecule has 1 amide bonds. The van der Waals surface area contributed by atoms with Gasteiger partial charge in [-0.05, 0) is 6.92 Å². The van der Waals surface area contributed by atoms with Crippen LogP contribution in [0.3, 0.4) is 0 Å². The van der Waals surface area contributed by atoms with E-state index in [4.69, 9.17) is 4.74 Å². The minimum absolute atomic E-state index is 0. The van der Waals surface area contributed by atoms with E-state index in [2.05, 4.69) is 15.6 Å². The molecule has 1 atom stereocenters. The molecule has 0 aromatic rings. The van der Waals surface area contributed by atoms with Crippen LogP contribution in [-0.4, -0.2) is 69.9 Å². The number of guanidine groups is 1. The summed E-state index contributed by atoms with van der Waals surface area (Å²) in [6, 6.07) is -0.0470. The van der Waals surface area contributed by atoms with Gasteiger partial charge >= 0.3 is 6.18 Å². The molecule has 0 aliphatic carbocycles. The van der Waals surface area contributed by atoms with Crippen molar-refractivity contribution in [2.24, 2.45) is 4.99 Å². The molecule has 10 heteroatoms. The lowest BCUT2D eigenvalue weighted by molar-refractivity contribution is -0.157. The van der Waals surface area contributed by atoms with Crippen molar-refractivity contribution in [3.8, 4) is 0 Å². The van der Waals surface area contributed by atoms with Gasteiger partial charge in [0.05, 0.1) is 13.2 Å². The summed E-state index contributed by atoms with van der Waals surface area (Å²) >= 11 is 0. The highest BCUT2D eigenvalue weighted by Crippen LogP contribution is 2.15. The number of rotatable bonds is 6. The largest absolute Gasteiger partial charge is 0.406 e. The van der Waals surface area contributed by atoms with Crippen molar-refractivity contribution in [1.82, 2.24) is 15.5 Å². The minimum atomic E-state index is -4.41. The van der Waals surface area contributed by atoms with Crippen LogP contribution in [0.4, 0.5) is 13.2 Å². The maximum absolute atomic E-state index is 12.1. The van der Waals surface area contributed by atoms with Crippen LogP contribution in [0.1, 0.15) is 6.92 Å². The van der Waals surface area contributed by atoms with Crippen LogP contribution in [0.5, 0.6) is 0 Å². The standard InChI is InChI=1S/C11H21F3N4O2.HI/c1-8(6-20-4)17-10(15-2)16-5-9(19)18(3)7-11(12,13)14;/h8H,5-7H2,1-4H3,(H2,15,16,17);1H. The summed E-state index contributed by atoms with van der Waals surface area (Å²) in [6.07, 6.45) is -4.41. The van der Waals surface area contributed by atoms with E-state index in [1.165, 1.54) is 7.05 Å². The molecule has 0 saturated carbocycles. The van der Waals surface area contributed by atoms with Gasteiger partial charge < -0.3 is 20.3 Å². The first-order chi connectivity index (χ1) is 9.19. The fourth-order valence-corrected chi connectivity index (χ4v) is 1.37. The number of amides is 1. The van der Waals surface area contributed by atoms with Gasteiger partial charge in [0.25, 0.3) is 0 Å². The van der Waals surface area contributed by atoms with Gasteiger partial charge in [0.1, 0.15) is 6.54 Å². The third-order valence-electron chi connectivity index (χ3n) is 2.27. The van der Waals surface area contributed by atoms with Gasteiger partial charge in [-0.1, -0.05) is 0 Å². The van der Waals surface area contributed by atoms with Crippen molar-refractivity contribution in [2.75, 3.05) is 40.9 Å². The van der Waals surface area contributed by atoms with E-state index in [0.717, 1.165) is 7.05 Å². The predicted octanol–water partition coefficient (Wildman–Crippen LogP) is 0.825. The van der Waals surface area contributed by atoms with Crippen LogP contribution in [0.2, 0.25) is 0 Å². The summed E-state index contributed by atoms with van der Waals surface area (Å²) in [5, 5.41) is 5.58. The molecular formula is C11H22F3IN4O2. The first-order valence-corrected chi connectivity index (χ1v) is 5.96. The van der Waals surface area contributed by atoms with Crippen LogP contribution in [0.15, 0.2) is 4.99 Å². The number of carbonyl (C=O) groups is 1. The molecule has 0 radical (unpaired) electrons. The van der Waals surface area contributed by atoms with E-state index >= 15 is 0 Å². The Bertz CT molecular complexity index is 340. The van der Waals surface area contributed by atoms with Crippen LogP contribution < -0.4 is 10.6 Å². The summed E-state index contributed by atoms with van der Waals surface area (Å²) in [6.45, 7) is 0.724. The second kappa shape index (κ2) is 10.9. The molecule has 21 heavy (non-hydrogen) atoms. The predicted molar refractivity (Wildman–Crippen MR) is 84.9 cm³/mol. The molecule has 0 bridgehead atoms. The maximum Gasteiger partial charge on any atom is 0.406 e. The number of nitrogens with one attached hydrogen (secondary N) is 2. The molecule has 0 aromatic heterocycles. The van der Waals surface area contributed by atoms with Gasteiger partial charge in [-0.2, -0.15) is 13.2 Å². The number of alkyl halides is 3. The van der Waals surface area contributed by atoms with Crippen molar-refractivity contribution in [2.45, 2.75) is 19.1 Å². The Morgan fingerprint density at radius 3 is 2.43 bits per heavy atom. The summed E-state index contributed by atoms with van der Waals surface area (Å²) < 4.78 is 41.3. The quantitative estimate of drug-likeness (QED) is 0.375. The van der Waals surface area contributed by atoms with E-state index < -0.39 is 18.6 Å². The van der Waals surface area contributed by atoms with Crippen molar-refractivity contribution in [1.29, 1.82) is 0 Å². The van der Waals surface area contributed by atoms with Gasteiger partial charge in [0.2, 0.25) is 5.91 Å². The fourth-order valence-electron chi connectivity index (χ4n) is 1.37. The summed E-state index contributed by atoms with van der Waals surface area (Å²) in [7, 11) is 4.14. The molecule has 1 unspecified atom stereocenters. The lowest BCUT2D eigenvalue weighted by atomic mass is 10.4. The van der Waals surface area contributed by atoms with Crippen LogP contribution in [0, 0.1) is 0 Å². The number of hydrogen-bond acceptors (Lipinski definition) is 3. The molecule has 0 fully saturated rings. The molecular weight excluding hydrogens is 404 g/mol.